The lowest BCUT2D eigenvalue weighted by Crippen LogP contribution is -2.31. The lowest BCUT2D eigenvalue weighted by molar-refractivity contribution is -0.119. The van der Waals surface area contributed by atoms with Gasteiger partial charge in [-0.05, 0) is 16.5 Å². The molecule has 2 rings (SSSR count). The first-order chi connectivity index (χ1) is 11.8. The van der Waals surface area contributed by atoms with Gasteiger partial charge in [0.1, 0.15) is 0 Å². The summed E-state index contributed by atoms with van der Waals surface area (Å²) in [5.74, 6) is -0.619. The largest absolute Gasteiger partial charge is 0.355 e. The molecule has 0 aliphatic heterocycles. The number of nitrogens with zero attached hydrogens (tertiary/aromatic N) is 2. The Morgan fingerprint density at radius 1 is 1.24 bits per heavy atom. The molecule has 1 amide bonds. The van der Waals surface area contributed by atoms with Gasteiger partial charge in [-0.25, -0.2) is 15.3 Å². The van der Waals surface area contributed by atoms with Crippen molar-refractivity contribution in [1.29, 1.82) is 0 Å². The molecule has 0 unspecified atom stereocenters. The van der Waals surface area contributed by atoms with Crippen LogP contribution in [0.2, 0.25) is 0 Å². The Hall–Kier alpha value is -3.23. The van der Waals surface area contributed by atoms with Crippen LogP contribution in [-0.4, -0.2) is 33.8 Å². The van der Waals surface area contributed by atoms with Crippen molar-refractivity contribution in [3.8, 4) is 0 Å². The van der Waals surface area contributed by atoms with Crippen LogP contribution in [0.1, 0.15) is 31.9 Å². The van der Waals surface area contributed by atoms with E-state index in [0.717, 1.165) is 5.56 Å². The summed E-state index contributed by atoms with van der Waals surface area (Å²) < 4.78 is 0. The summed E-state index contributed by atoms with van der Waals surface area (Å²) in [6, 6.07) is 7.86. The van der Waals surface area contributed by atoms with Crippen molar-refractivity contribution in [3.63, 3.8) is 0 Å². The molecule has 1 aromatic carbocycles. The molecule has 0 bridgehead atoms. The summed E-state index contributed by atoms with van der Waals surface area (Å²) in [5, 5.41) is 11.9. The van der Waals surface area contributed by atoms with Crippen molar-refractivity contribution in [3.05, 3.63) is 56.2 Å². The van der Waals surface area contributed by atoms with E-state index in [9.17, 15) is 14.4 Å². The number of benzene rings is 1. The van der Waals surface area contributed by atoms with Crippen LogP contribution in [0.25, 0.3) is 0 Å². The Labute approximate surface area is 143 Å². The number of hydrazone groups is 1. The average Bonchev–Trinajstić information content (AvgIpc) is 2.53. The van der Waals surface area contributed by atoms with Gasteiger partial charge in [0, 0.05) is 0 Å². The van der Waals surface area contributed by atoms with Gasteiger partial charge in [-0.1, -0.05) is 45.0 Å². The zero-order valence-electron chi connectivity index (χ0n) is 14.2. The Bertz CT molecular complexity index is 874. The normalized spacial score (nSPS) is 11.5. The molecule has 0 atom stereocenters. The summed E-state index contributed by atoms with van der Waals surface area (Å²) >= 11 is 0. The Morgan fingerprint density at radius 3 is 2.52 bits per heavy atom. The molecule has 9 heteroatoms. The third kappa shape index (κ3) is 5.41. The van der Waals surface area contributed by atoms with Gasteiger partial charge in [-0.2, -0.15) is 5.10 Å². The van der Waals surface area contributed by atoms with Gasteiger partial charge in [0.15, 0.2) is 0 Å². The van der Waals surface area contributed by atoms with Crippen molar-refractivity contribution in [2.45, 2.75) is 26.2 Å². The van der Waals surface area contributed by atoms with Crippen LogP contribution in [-0.2, 0) is 10.2 Å². The van der Waals surface area contributed by atoms with Gasteiger partial charge in [-0.15, -0.1) is 5.10 Å². The first kappa shape index (κ1) is 18.1. The van der Waals surface area contributed by atoms with Gasteiger partial charge in [-0.3, -0.25) is 14.6 Å². The number of carbonyl (C=O) groups is 1. The third-order valence-corrected chi connectivity index (χ3v) is 3.31. The van der Waals surface area contributed by atoms with E-state index in [2.05, 4.69) is 46.8 Å². The van der Waals surface area contributed by atoms with E-state index in [1.165, 1.54) is 11.8 Å². The van der Waals surface area contributed by atoms with Gasteiger partial charge >= 0.3 is 5.69 Å². The Balaban J connectivity index is 1.86. The van der Waals surface area contributed by atoms with E-state index in [1.807, 2.05) is 29.2 Å². The number of aromatic amines is 2. The van der Waals surface area contributed by atoms with E-state index in [1.54, 1.807) is 0 Å². The second-order valence-electron chi connectivity index (χ2n) is 6.37. The highest BCUT2D eigenvalue weighted by Crippen LogP contribution is 2.21. The van der Waals surface area contributed by atoms with Gasteiger partial charge in [0.25, 0.3) is 11.5 Å². The summed E-state index contributed by atoms with van der Waals surface area (Å²) in [7, 11) is 0. The molecular formula is C16H20N6O3. The van der Waals surface area contributed by atoms with Crippen LogP contribution in [0.3, 0.4) is 0 Å². The highest BCUT2D eigenvalue weighted by atomic mass is 16.2. The number of hydrogen-bond acceptors (Lipinski definition) is 6. The zero-order chi connectivity index (χ0) is 18.4. The van der Waals surface area contributed by atoms with Crippen molar-refractivity contribution >= 4 is 17.9 Å². The maximum Gasteiger partial charge on any atom is 0.342 e. The fourth-order valence-electron chi connectivity index (χ4n) is 1.92. The van der Waals surface area contributed by atoms with Crippen molar-refractivity contribution < 1.29 is 4.79 Å². The smallest absolute Gasteiger partial charge is 0.342 e. The topological polar surface area (TPSA) is 132 Å². The van der Waals surface area contributed by atoms with Crippen LogP contribution >= 0.6 is 0 Å². The number of H-pyrrole nitrogens is 2. The summed E-state index contributed by atoms with van der Waals surface area (Å²) in [6.45, 7) is 6.17. The second kappa shape index (κ2) is 7.56. The zero-order valence-corrected chi connectivity index (χ0v) is 14.2. The van der Waals surface area contributed by atoms with Gasteiger partial charge < -0.3 is 5.32 Å². The van der Waals surface area contributed by atoms with Gasteiger partial charge in [0.05, 0.1) is 12.8 Å². The number of nitrogens with one attached hydrogen (secondary N) is 4. The number of aromatic nitrogens is 3. The van der Waals surface area contributed by atoms with E-state index < -0.39 is 17.2 Å². The minimum Gasteiger partial charge on any atom is -0.355 e. The molecule has 0 fully saturated rings. The molecule has 0 radical (unpaired) electrons. The summed E-state index contributed by atoms with van der Waals surface area (Å²) in [4.78, 5) is 35.9. The molecule has 9 nitrogen and oxygen atoms in total. The van der Waals surface area contributed by atoms with E-state index in [0.29, 0.717) is 0 Å². The number of amides is 1. The van der Waals surface area contributed by atoms with Crippen LogP contribution in [0.4, 0.5) is 5.82 Å². The molecule has 1 aromatic heterocycles. The molecule has 4 N–H and O–H groups in total. The Morgan fingerprint density at radius 2 is 1.92 bits per heavy atom. The van der Waals surface area contributed by atoms with Crippen LogP contribution in [0, 0.1) is 0 Å². The number of anilines is 1. The van der Waals surface area contributed by atoms with Crippen molar-refractivity contribution in [2.24, 2.45) is 5.10 Å². The quantitative estimate of drug-likeness (QED) is 0.458. The van der Waals surface area contributed by atoms with E-state index >= 15 is 0 Å². The predicted molar refractivity (Wildman–Crippen MR) is 94.8 cm³/mol. The predicted octanol–water partition coefficient (Wildman–Crippen LogP) is 0.318. The fraction of sp³-hybridized carbons (Fsp3) is 0.312. The summed E-state index contributed by atoms with van der Waals surface area (Å²) in [6.07, 6.45) is 1.52. The van der Waals surface area contributed by atoms with Gasteiger partial charge in [0.2, 0.25) is 5.82 Å². The van der Waals surface area contributed by atoms with E-state index in [-0.39, 0.29) is 17.8 Å². The molecule has 0 aliphatic carbocycles. The minimum atomic E-state index is -0.720. The Kier molecular flexibility index (Phi) is 5.48. The molecule has 0 saturated heterocycles. The third-order valence-electron chi connectivity index (χ3n) is 3.31. The number of hydrogen-bond donors (Lipinski definition) is 4. The van der Waals surface area contributed by atoms with Crippen molar-refractivity contribution in [2.75, 3.05) is 11.9 Å². The molecular weight excluding hydrogens is 324 g/mol. The lowest BCUT2D eigenvalue weighted by Gasteiger charge is -2.18. The highest BCUT2D eigenvalue weighted by Gasteiger charge is 2.12. The van der Waals surface area contributed by atoms with Crippen LogP contribution < -0.4 is 22.0 Å². The van der Waals surface area contributed by atoms with E-state index in [4.69, 9.17) is 0 Å². The molecule has 1 heterocycles. The molecule has 0 spiro atoms. The first-order valence-electron chi connectivity index (χ1n) is 7.61. The standard InChI is InChI=1S/C16H20N6O3/c1-16(2,3)11-6-4-10(5-7-11)8-18-20-12(23)9-17-13-14(24)19-15(25)22-21-13/h4-8H,9H2,1-3H3,(H,17,21)(H,20,23)(H2,19,22,24,25)/b18-8+. The fourth-order valence-corrected chi connectivity index (χ4v) is 1.92. The molecule has 0 aliphatic rings. The monoisotopic (exact) mass is 344 g/mol. The van der Waals surface area contributed by atoms with Crippen LogP contribution in [0.5, 0.6) is 0 Å². The number of rotatable bonds is 5. The second-order valence-corrected chi connectivity index (χ2v) is 6.37. The number of carbonyl (C=O) groups excluding carboxylic acids is 1. The highest BCUT2D eigenvalue weighted by molar-refractivity contribution is 5.84. The molecule has 0 saturated carbocycles. The SMILES string of the molecule is CC(C)(C)c1ccc(/C=N/NC(=O)CNc2n[nH]c(=O)[nH]c2=O)cc1. The molecule has 132 valence electrons. The van der Waals surface area contributed by atoms with Crippen LogP contribution in [0.15, 0.2) is 39.0 Å². The summed E-state index contributed by atoms with van der Waals surface area (Å²) in [5.41, 5.74) is 3.03. The maximum absolute atomic E-state index is 11.7. The lowest BCUT2D eigenvalue weighted by atomic mass is 9.87. The first-order valence-corrected chi connectivity index (χ1v) is 7.61. The average molecular weight is 344 g/mol. The van der Waals surface area contributed by atoms with Crippen molar-refractivity contribution in [1.82, 2.24) is 20.6 Å². The molecule has 2 aromatic rings. The maximum atomic E-state index is 11.7. The minimum absolute atomic E-state index is 0.0726. The molecule has 25 heavy (non-hydrogen) atoms.